The molecule has 0 saturated carbocycles. The Hall–Kier alpha value is -2.64. The minimum absolute atomic E-state index is 0.0221. The number of likely N-dealkylation sites (tertiary alicyclic amines) is 1. The molecule has 1 amide bonds. The van der Waals surface area contributed by atoms with Crippen molar-refractivity contribution in [3.8, 4) is 5.75 Å². The molecule has 1 aromatic heterocycles. The molecule has 2 aromatic carbocycles. The van der Waals surface area contributed by atoms with Crippen LogP contribution in [0.25, 0.3) is 10.9 Å². The quantitative estimate of drug-likeness (QED) is 0.536. The third kappa shape index (κ3) is 4.52. The van der Waals surface area contributed by atoms with Crippen LogP contribution in [-0.2, 0) is 11.3 Å². The highest BCUT2D eigenvalue weighted by molar-refractivity contribution is 7.71. The van der Waals surface area contributed by atoms with Gasteiger partial charge in [-0.15, -0.1) is 0 Å². The zero-order valence-electron chi connectivity index (χ0n) is 17.3. The molecule has 8 heteroatoms. The Labute approximate surface area is 190 Å². The number of H-pyrrole nitrogens is 1. The van der Waals surface area contributed by atoms with Crippen molar-refractivity contribution in [1.82, 2.24) is 14.5 Å². The minimum atomic E-state index is -0.215. The van der Waals surface area contributed by atoms with E-state index in [-0.39, 0.29) is 35.2 Å². The van der Waals surface area contributed by atoms with Crippen molar-refractivity contribution < 1.29 is 9.53 Å². The lowest BCUT2D eigenvalue weighted by atomic mass is 10.0. The molecule has 1 aliphatic heterocycles. The summed E-state index contributed by atoms with van der Waals surface area (Å²) in [5.74, 6) is 0.849. The number of carbonyl (C=O) groups excluding carboxylic acids is 1. The van der Waals surface area contributed by atoms with Gasteiger partial charge in [0.2, 0.25) is 5.91 Å². The summed E-state index contributed by atoms with van der Waals surface area (Å²) in [6.07, 6.45) is 2.10. The Morgan fingerprint density at radius 3 is 2.77 bits per heavy atom. The maximum absolute atomic E-state index is 13.0. The van der Waals surface area contributed by atoms with Crippen LogP contribution in [0.5, 0.6) is 5.75 Å². The zero-order chi connectivity index (χ0) is 22.0. The average molecular weight is 458 g/mol. The van der Waals surface area contributed by atoms with Gasteiger partial charge in [0.1, 0.15) is 5.75 Å². The molecule has 1 saturated heterocycles. The lowest BCUT2D eigenvalue weighted by molar-refractivity contribution is -0.132. The Morgan fingerprint density at radius 1 is 1.26 bits per heavy atom. The number of nitrogens with zero attached hydrogens (tertiary/aromatic N) is 2. The highest BCUT2D eigenvalue weighted by Gasteiger charge is 2.29. The van der Waals surface area contributed by atoms with Gasteiger partial charge < -0.3 is 14.6 Å². The molecule has 2 heterocycles. The van der Waals surface area contributed by atoms with E-state index in [1.54, 1.807) is 18.2 Å². The average Bonchev–Trinajstić information content (AvgIpc) is 3.24. The Kier molecular flexibility index (Phi) is 6.43. The summed E-state index contributed by atoms with van der Waals surface area (Å²) in [4.78, 5) is 30.8. The molecule has 1 atom stereocenters. The molecule has 1 N–H and O–H groups in total. The second kappa shape index (κ2) is 9.24. The molecule has 0 spiro atoms. The van der Waals surface area contributed by atoms with Gasteiger partial charge in [0.05, 0.1) is 23.6 Å². The van der Waals surface area contributed by atoms with E-state index in [1.807, 2.05) is 36.1 Å². The lowest BCUT2D eigenvalue weighted by Crippen LogP contribution is -2.32. The van der Waals surface area contributed by atoms with E-state index in [1.165, 1.54) is 4.57 Å². The molecule has 6 nitrogen and oxygen atoms in total. The number of hydrogen-bond donors (Lipinski definition) is 1. The summed E-state index contributed by atoms with van der Waals surface area (Å²) in [5.41, 5.74) is 1.49. The van der Waals surface area contributed by atoms with Crippen LogP contribution in [0.2, 0.25) is 5.02 Å². The molecule has 4 rings (SSSR count). The molecule has 1 aliphatic rings. The van der Waals surface area contributed by atoms with E-state index in [0.717, 1.165) is 24.2 Å². The largest absolute Gasteiger partial charge is 0.494 e. The smallest absolute Gasteiger partial charge is 0.262 e. The van der Waals surface area contributed by atoms with Gasteiger partial charge >= 0.3 is 0 Å². The predicted octanol–water partition coefficient (Wildman–Crippen LogP) is 4.86. The summed E-state index contributed by atoms with van der Waals surface area (Å²) in [7, 11) is 0. The van der Waals surface area contributed by atoms with Crippen molar-refractivity contribution in [1.29, 1.82) is 0 Å². The van der Waals surface area contributed by atoms with Gasteiger partial charge in [-0.05, 0) is 67.9 Å². The Morgan fingerprint density at radius 2 is 2.03 bits per heavy atom. The fraction of sp³-hybridized carbons (Fsp3) is 0.348. The van der Waals surface area contributed by atoms with Crippen molar-refractivity contribution in [2.75, 3.05) is 13.2 Å². The molecule has 0 unspecified atom stereocenters. The fourth-order valence-corrected chi connectivity index (χ4v) is 4.60. The topological polar surface area (TPSA) is 67.3 Å². The second-order valence-corrected chi connectivity index (χ2v) is 8.40. The summed E-state index contributed by atoms with van der Waals surface area (Å²) in [5, 5.41) is 1.03. The van der Waals surface area contributed by atoms with Crippen LogP contribution in [-0.4, -0.2) is 33.5 Å². The number of rotatable bonds is 6. The molecular weight excluding hydrogens is 434 g/mol. The van der Waals surface area contributed by atoms with E-state index < -0.39 is 0 Å². The Balaban J connectivity index is 1.50. The monoisotopic (exact) mass is 457 g/mol. The molecule has 1 fully saturated rings. The molecule has 162 valence electrons. The van der Waals surface area contributed by atoms with Gasteiger partial charge in [-0.2, -0.15) is 0 Å². The van der Waals surface area contributed by atoms with Gasteiger partial charge in [0.15, 0.2) is 4.77 Å². The number of carbonyl (C=O) groups is 1. The maximum Gasteiger partial charge on any atom is 0.262 e. The van der Waals surface area contributed by atoms with Crippen molar-refractivity contribution >= 4 is 40.6 Å². The number of aromatic nitrogens is 2. The molecule has 31 heavy (non-hydrogen) atoms. The normalized spacial score (nSPS) is 16.1. The molecule has 0 aliphatic carbocycles. The van der Waals surface area contributed by atoms with Crippen molar-refractivity contribution in [3.63, 3.8) is 0 Å². The number of benzene rings is 2. The SMILES string of the molecule is CCOc1ccc([C@@H]2CCCN2C(=O)CCn2c(=S)[nH]c3cc(Cl)ccc3c2=O)cc1. The molecule has 0 radical (unpaired) electrons. The molecular formula is C23H24ClN3O3S. The van der Waals surface area contributed by atoms with Crippen LogP contribution in [0, 0.1) is 4.77 Å². The lowest BCUT2D eigenvalue weighted by Gasteiger charge is -2.25. The third-order valence-electron chi connectivity index (χ3n) is 5.64. The molecule has 3 aromatic rings. The summed E-state index contributed by atoms with van der Waals surface area (Å²) in [6, 6.07) is 13.0. The standard InChI is InChI=1S/C23H24ClN3O3S/c1-2-30-17-8-5-15(6-9-17)20-4-3-12-26(20)21(28)11-13-27-22(29)18-10-7-16(24)14-19(18)25-23(27)31/h5-10,14,20H,2-4,11-13H2,1H3,(H,25,31)/t20-/m0/s1. The van der Waals surface area contributed by atoms with Crippen LogP contribution in [0.3, 0.4) is 0 Å². The first kappa shape index (κ1) is 21.6. The number of halogens is 1. The van der Waals surface area contributed by atoms with Crippen LogP contribution < -0.4 is 10.3 Å². The molecule has 0 bridgehead atoms. The first-order valence-electron chi connectivity index (χ1n) is 10.4. The highest BCUT2D eigenvalue weighted by atomic mass is 35.5. The number of aromatic amines is 1. The van der Waals surface area contributed by atoms with Crippen molar-refractivity contribution in [3.05, 3.63) is 68.2 Å². The van der Waals surface area contributed by atoms with E-state index >= 15 is 0 Å². The van der Waals surface area contributed by atoms with Crippen LogP contribution in [0.1, 0.15) is 37.8 Å². The number of ether oxygens (including phenoxy) is 1. The second-order valence-electron chi connectivity index (χ2n) is 7.57. The van der Waals surface area contributed by atoms with Gasteiger partial charge in [0.25, 0.3) is 5.56 Å². The number of hydrogen-bond acceptors (Lipinski definition) is 4. The Bertz CT molecular complexity index is 1220. The maximum atomic E-state index is 13.0. The van der Waals surface area contributed by atoms with Crippen molar-refractivity contribution in [2.45, 2.75) is 38.8 Å². The van der Waals surface area contributed by atoms with E-state index in [4.69, 9.17) is 28.6 Å². The first-order chi connectivity index (χ1) is 15.0. The number of nitrogens with one attached hydrogen (secondary N) is 1. The van der Waals surface area contributed by atoms with Crippen LogP contribution >= 0.6 is 23.8 Å². The first-order valence-corrected chi connectivity index (χ1v) is 11.2. The van der Waals surface area contributed by atoms with Crippen LogP contribution in [0.15, 0.2) is 47.3 Å². The number of amides is 1. The minimum Gasteiger partial charge on any atom is -0.494 e. The summed E-state index contributed by atoms with van der Waals surface area (Å²) in [6.45, 7) is 3.52. The predicted molar refractivity (Wildman–Crippen MR) is 124 cm³/mol. The third-order valence-corrected chi connectivity index (χ3v) is 6.20. The summed E-state index contributed by atoms with van der Waals surface area (Å²) < 4.78 is 7.25. The van der Waals surface area contributed by atoms with Gasteiger partial charge in [-0.3, -0.25) is 14.2 Å². The van der Waals surface area contributed by atoms with E-state index in [2.05, 4.69) is 4.98 Å². The van der Waals surface area contributed by atoms with Gasteiger partial charge in [0, 0.05) is 24.5 Å². The highest BCUT2D eigenvalue weighted by Crippen LogP contribution is 2.33. The van der Waals surface area contributed by atoms with Gasteiger partial charge in [-0.1, -0.05) is 23.7 Å². The van der Waals surface area contributed by atoms with Crippen LogP contribution in [0.4, 0.5) is 0 Å². The number of fused-ring (bicyclic) bond motifs is 1. The zero-order valence-corrected chi connectivity index (χ0v) is 18.8. The van der Waals surface area contributed by atoms with Crippen molar-refractivity contribution in [2.24, 2.45) is 0 Å². The van der Waals surface area contributed by atoms with E-state index in [9.17, 15) is 9.59 Å². The van der Waals surface area contributed by atoms with Gasteiger partial charge in [-0.25, -0.2) is 0 Å². The van der Waals surface area contributed by atoms with E-state index in [0.29, 0.717) is 29.1 Å². The fourth-order valence-electron chi connectivity index (χ4n) is 4.15. The summed E-state index contributed by atoms with van der Waals surface area (Å²) >= 11 is 11.4.